The number of benzene rings is 1. The second kappa shape index (κ2) is 8.00. The average molecular weight is 357 g/mol. The molecule has 2 rings (SSSR count). The fraction of sp³-hybridized carbons (Fsp3) is 0.474. The second-order valence-electron chi connectivity index (χ2n) is 6.79. The third-order valence-corrected chi connectivity index (χ3v) is 4.61. The van der Waals surface area contributed by atoms with E-state index in [4.69, 9.17) is 4.74 Å². The quantitative estimate of drug-likeness (QED) is 0.785. The molecule has 1 atom stereocenters. The number of nitrogens with one attached hydrogen (secondary N) is 1. The molecule has 7 heteroatoms. The number of carbonyl (C=O) groups is 3. The zero-order chi connectivity index (χ0) is 19.3. The summed E-state index contributed by atoms with van der Waals surface area (Å²) in [6, 6.07) is 8.56. The molecular formula is C19H23N3O4. The van der Waals surface area contributed by atoms with Crippen molar-refractivity contribution in [2.24, 2.45) is 5.92 Å². The molecule has 26 heavy (non-hydrogen) atoms. The summed E-state index contributed by atoms with van der Waals surface area (Å²) in [6.45, 7) is 5.48. The zero-order valence-corrected chi connectivity index (χ0v) is 15.2. The van der Waals surface area contributed by atoms with Crippen molar-refractivity contribution >= 4 is 23.5 Å². The highest BCUT2D eigenvalue weighted by atomic mass is 16.5. The summed E-state index contributed by atoms with van der Waals surface area (Å²) in [7, 11) is 0. The molecule has 1 fully saturated rings. The highest BCUT2D eigenvalue weighted by Crippen LogP contribution is 2.21. The largest absolute Gasteiger partial charge is 0.452 e. The zero-order valence-electron chi connectivity index (χ0n) is 15.2. The molecule has 2 amide bonds. The standard InChI is InChI=1S/C19H23N3O4/c1-13(2)19(3,12-20)21-16(23)11-26-18(25)14-6-8-15(9-7-14)22-10-4-5-17(22)24/h6-9,13H,4-5,10-11H2,1-3H3,(H,21,23)/t19-/m1/s1. The molecule has 0 unspecified atom stereocenters. The molecule has 1 aliphatic heterocycles. The lowest BCUT2D eigenvalue weighted by atomic mass is 9.90. The smallest absolute Gasteiger partial charge is 0.338 e. The number of ether oxygens (including phenoxy) is 1. The van der Waals surface area contributed by atoms with Gasteiger partial charge in [0.1, 0.15) is 5.54 Å². The van der Waals surface area contributed by atoms with Gasteiger partial charge >= 0.3 is 5.97 Å². The second-order valence-corrected chi connectivity index (χ2v) is 6.79. The number of anilines is 1. The summed E-state index contributed by atoms with van der Waals surface area (Å²) >= 11 is 0. The predicted molar refractivity (Wildman–Crippen MR) is 95.3 cm³/mol. The average Bonchev–Trinajstić information content (AvgIpc) is 3.05. The van der Waals surface area contributed by atoms with Crippen LogP contribution in [0.25, 0.3) is 0 Å². The molecule has 0 saturated carbocycles. The van der Waals surface area contributed by atoms with Crippen molar-refractivity contribution < 1.29 is 19.1 Å². The summed E-state index contributed by atoms with van der Waals surface area (Å²) in [5, 5.41) is 11.8. The lowest BCUT2D eigenvalue weighted by molar-refractivity contribution is -0.125. The summed E-state index contributed by atoms with van der Waals surface area (Å²) in [4.78, 5) is 37.4. The topological polar surface area (TPSA) is 99.5 Å². The van der Waals surface area contributed by atoms with Crippen LogP contribution in [0.2, 0.25) is 0 Å². The van der Waals surface area contributed by atoms with Gasteiger partial charge in [-0.3, -0.25) is 9.59 Å². The minimum Gasteiger partial charge on any atom is -0.452 e. The number of carbonyl (C=O) groups excluding carboxylic acids is 3. The number of nitrogens with zero attached hydrogens (tertiary/aromatic N) is 2. The Morgan fingerprint density at radius 1 is 1.35 bits per heavy atom. The van der Waals surface area contributed by atoms with E-state index in [2.05, 4.69) is 11.4 Å². The first-order valence-electron chi connectivity index (χ1n) is 8.56. The molecule has 1 saturated heterocycles. The third-order valence-electron chi connectivity index (χ3n) is 4.61. The van der Waals surface area contributed by atoms with Crippen LogP contribution < -0.4 is 10.2 Å². The van der Waals surface area contributed by atoms with Crippen molar-refractivity contribution in [2.45, 2.75) is 39.2 Å². The van der Waals surface area contributed by atoms with Crippen molar-refractivity contribution in [1.29, 1.82) is 5.26 Å². The normalized spacial score (nSPS) is 16.1. The number of amides is 2. The van der Waals surface area contributed by atoms with Gasteiger partial charge in [0.25, 0.3) is 5.91 Å². The van der Waals surface area contributed by atoms with Crippen LogP contribution in [-0.4, -0.2) is 36.5 Å². The van der Waals surface area contributed by atoms with E-state index in [-0.39, 0.29) is 11.8 Å². The maximum Gasteiger partial charge on any atom is 0.338 e. The van der Waals surface area contributed by atoms with Gasteiger partial charge in [-0.05, 0) is 43.5 Å². The molecule has 0 radical (unpaired) electrons. The van der Waals surface area contributed by atoms with Crippen LogP contribution in [-0.2, 0) is 14.3 Å². The van der Waals surface area contributed by atoms with Crippen LogP contribution in [0.3, 0.4) is 0 Å². The van der Waals surface area contributed by atoms with Gasteiger partial charge in [0.2, 0.25) is 5.91 Å². The molecule has 1 heterocycles. The Balaban J connectivity index is 1.91. The van der Waals surface area contributed by atoms with Gasteiger partial charge in [-0.1, -0.05) is 13.8 Å². The molecule has 0 bridgehead atoms. The lowest BCUT2D eigenvalue weighted by Crippen LogP contribution is -2.50. The molecule has 7 nitrogen and oxygen atoms in total. The summed E-state index contributed by atoms with van der Waals surface area (Å²) in [5.41, 5.74) is 0.0107. The van der Waals surface area contributed by atoms with Gasteiger partial charge in [-0.25, -0.2) is 4.79 Å². The van der Waals surface area contributed by atoms with Gasteiger partial charge in [-0.2, -0.15) is 5.26 Å². The molecule has 1 aromatic rings. The van der Waals surface area contributed by atoms with Crippen molar-refractivity contribution in [2.75, 3.05) is 18.1 Å². The van der Waals surface area contributed by atoms with Crippen molar-refractivity contribution in [3.05, 3.63) is 29.8 Å². The Hall–Kier alpha value is -2.88. The van der Waals surface area contributed by atoms with Gasteiger partial charge in [0, 0.05) is 18.7 Å². The van der Waals surface area contributed by atoms with Crippen molar-refractivity contribution in [1.82, 2.24) is 5.32 Å². The Kier molecular flexibility index (Phi) is 5.98. The maximum absolute atomic E-state index is 12.1. The van der Waals surface area contributed by atoms with Crippen LogP contribution in [0, 0.1) is 17.2 Å². The molecular weight excluding hydrogens is 334 g/mol. The SMILES string of the molecule is CC(C)[C@@](C)(C#N)NC(=O)COC(=O)c1ccc(N2CCCC2=O)cc1. The number of rotatable bonds is 6. The Labute approximate surface area is 152 Å². The third kappa shape index (κ3) is 4.39. The van der Waals surface area contributed by atoms with Gasteiger partial charge < -0.3 is 15.0 Å². The number of hydrogen-bond donors (Lipinski definition) is 1. The number of nitriles is 1. The molecule has 1 aromatic carbocycles. The summed E-state index contributed by atoms with van der Waals surface area (Å²) < 4.78 is 5.01. The molecule has 138 valence electrons. The van der Waals surface area contributed by atoms with E-state index in [1.807, 2.05) is 13.8 Å². The lowest BCUT2D eigenvalue weighted by Gasteiger charge is -2.27. The molecule has 0 aromatic heterocycles. The first-order valence-corrected chi connectivity index (χ1v) is 8.56. The van der Waals surface area contributed by atoms with E-state index in [1.165, 1.54) is 0 Å². The minimum atomic E-state index is -1.02. The van der Waals surface area contributed by atoms with E-state index < -0.39 is 24.0 Å². The van der Waals surface area contributed by atoms with E-state index in [1.54, 1.807) is 36.1 Å². The fourth-order valence-corrected chi connectivity index (χ4v) is 2.54. The van der Waals surface area contributed by atoms with E-state index in [0.717, 1.165) is 12.1 Å². The van der Waals surface area contributed by atoms with E-state index >= 15 is 0 Å². The summed E-state index contributed by atoms with van der Waals surface area (Å²) in [6.07, 6.45) is 1.37. The van der Waals surface area contributed by atoms with Crippen LogP contribution in [0.15, 0.2) is 24.3 Å². The highest BCUT2D eigenvalue weighted by molar-refractivity contribution is 5.96. The predicted octanol–water partition coefficient (Wildman–Crippen LogP) is 2.02. The first-order chi connectivity index (χ1) is 12.3. The van der Waals surface area contributed by atoms with E-state index in [0.29, 0.717) is 18.5 Å². The molecule has 0 aliphatic carbocycles. The summed E-state index contributed by atoms with van der Waals surface area (Å²) in [5.74, 6) is -1.19. The Bertz CT molecular complexity index is 736. The van der Waals surface area contributed by atoms with Crippen molar-refractivity contribution in [3.8, 4) is 6.07 Å². The van der Waals surface area contributed by atoms with Gasteiger partial charge in [0.15, 0.2) is 6.61 Å². The molecule has 1 N–H and O–H groups in total. The Morgan fingerprint density at radius 2 is 2.00 bits per heavy atom. The minimum absolute atomic E-state index is 0.0719. The van der Waals surface area contributed by atoms with Crippen molar-refractivity contribution in [3.63, 3.8) is 0 Å². The molecule has 0 spiro atoms. The molecule has 1 aliphatic rings. The fourth-order valence-electron chi connectivity index (χ4n) is 2.54. The van der Waals surface area contributed by atoms with Crippen LogP contribution in [0.1, 0.15) is 44.0 Å². The van der Waals surface area contributed by atoms with Crippen LogP contribution >= 0.6 is 0 Å². The highest BCUT2D eigenvalue weighted by Gasteiger charge is 2.30. The van der Waals surface area contributed by atoms with E-state index in [9.17, 15) is 19.6 Å². The first kappa shape index (κ1) is 19.4. The monoisotopic (exact) mass is 357 g/mol. The van der Waals surface area contributed by atoms with Crippen LogP contribution in [0.4, 0.5) is 5.69 Å². The Morgan fingerprint density at radius 3 is 2.50 bits per heavy atom. The van der Waals surface area contributed by atoms with Gasteiger partial charge in [-0.15, -0.1) is 0 Å². The number of esters is 1. The maximum atomic E-state index is 12.1. The van der Waals surface area contributed by atoms with Crippen LogP contribution in [0.5, 0.6) is 0 Å². The van der Waals surface area contributed by atoms with Gasteiger partial charge in [0.05, 0.1) is 11.6 Å². The number of hydrogen-bond acceptors (Lipinski definition) is 5.